The summed E-state index contributed by atoms with van der Waals surface area (Å²) in [4.78, 5) is 3.99. The number of fused-ring (bicyclic) bond motifs is 1. The Bertz CT molecular complexity index is 679. The van der Waals surface area contributed by atoms with Gasteiger partial charge in [-0.15, -0.1) is 10.2 Å². The van der Waals surface area contributed by atoms with Crippen LogP contribution in [0, 0.1) is 0 Å². The van der Waals surface area contributed by atoms with E-state index in [9.17, 15) is 0 Å². The quantitative estimate of drug-likeness (QED) is 0.785. The van der Waals surface area contributed by atoms with Gasteiger partial charge in [-0.1, -0.05) is 17.7 Å². The molecule has 90 valence electrons. The van der Waals surface area contributed by atoms with Crippen LogP contribution in [0.25, 0.3) is 5.65 Å². The van der Waals surface area contributed by atoms with Crippen molar-refractivity contribution in [3.05, 3.63) is 53.7 Å². The molecule has 0 aliphatic rings. The monoisotopic (exact) mass is 259 g/mol. The van der Waals surface area contributed by atoms with Crippen LogP contribution in [0.5, 0.6) is 0 Å². The Kier molecular flexibility index (Phi) is 2.82. The fourth-order valence-corrected chi connectivity index (χ4v) is 1.89. The summed E-state index contributed by atoms with van der Waals surface area (Å²) in [6.07, 6.45) is 5.22. The third-order valence-corrected chi connectivity index (χ3v) is 2.79. The molecule has 2 aromatic heterocycles. The average Bonchev–Trinajstić information content (AvgIpc) is 2.80. The van der Waals surface area contributed by atoms with E-state index >= 15 is 0 Å². The van der Waals surface area contributed by atoms with Crippen molar-refractivity contribution in [2.75, 3.05) is 5.32 Å². The number of aromatic nitrogens is 4. The number of anilines is 1. The highest BCUT2D eigenvalue weighted by Gasteiger charge is 2.04. The van der Waals surface area contributed by atoms with Crippen LogP contribution >= 0.6 is 11.6 Å². The Morgan fingerprint density at radius 1 is 1.28 bits per heavy atom. The fraction of sp³-hybridized carbons (Fsp3) is 0.0833. The summed E-state index contributed by atoms with van der Waals surface area (Å²) in [5, 5.41) is 12.1. The third kappa shape index (κ3) is 2.12. The maximum absolute atomic E-state index is 5.92. The van der Waals surface area contributed by atoms with Gasteiger partial charge in [0, 0.05) is 23.1 Å². The second-order valence-electron chi connectivity index (χ2n) is 3.78. The fourth-order valence-electron chi connectivity index (χ4n) is 1.70. The van der Waals surface area contributed by atoms with E-state index in [-0.39, 0.29) is 0 Å². The van der Waals surface area contributed by atoms with Gasteiger partial charge >= 0.3 is 0 Å². The average molecular weight is 260 g/mol. The van der Waals surface area contributed by atoms with E-state index < -0.39 is 0 Å². The van der Waals surface area contributed by atoms with E-state index in [4.69, 9.17) is 11.6 Å². The first-order chi connectivity index (χ1) is 8.83. The van der Waals surface area contributed by atoms with Crippen molar-refractivity contribution in [3.63, 3.8) is 0 Å². The Hall–Kier alpha value is -2.14. The van der Waals surface area contributed by atoms with Crippen molar-refractivity contribution in [1.82, 2.24) is 19.6 Å². The molecule has 18 heavy (non-hydrogen) atoms. The first-order valence-electron chi connectivity index (χ1n) is 5.46. The lowest BCUT2D eigenvalue weighted by Crippen LogP contribution is -2.04. The zero-order chi connectivity index (χ0) is 12.4. The number of hydrogen-bond donors (Lipinski definition) is 1. The van der Waals surface area contributed by atoms with E-state index in [2.05, 4.69) is 20.5 Å². The van der Waals surface area contributed by atoms with Gasteiger partial charge in [-0.25, -0.2) is 0 Å². The largest absolute Gasteiger partial charge is 0.378 e. The summed E-state index contributed by atoms with van der Waals surface area (Å²) in [7, 11) is 0. The van der Waals surface area contributed by atoms with Crippen LogP contribution in [-0.4, -0.2) is 19.6 Å². The maximum atomic E-state index is 5.92. The molecule has 0 aliphatic heterocycles. The molecule has 0 atom stereocenters. The van der Waals surface area contributed by atoms with Gasteiger partial charge in [-0.2, -0.15) is 0 Å². The molecule has 6 heteroatoms. The first kappa shape index (κ1) is 11.0. The highest BCUT2D eigenvalue weighted by atomic mass is 35.5. The van der Waals surface area contributed by atoms with Crippen LogP contribution in [0.4, 0.5) is 5.69 Å². The Labute approximate surface area is 108 Å². The van der Waals surface area contributed by atoms with Crippen LogP contribution in [0.1, 0.15) is 5.82 Å². The molecule has 1 N–H and O–H groups in total. The lowest BCUT2D eigenvalue weighted by Gasteiger charge is -2.05. The van der Waals surface area contributed by atoms with E-state index in [1.165, 1.54) is 0 Å². The summed E-state index contributed by atoms with van der Waals surface area (Å²) in [5.74, 6) is 0.826. The van der Waals surface area contributed by atoms with E-state index in [1.807, 2.05) is 34.9 Å². The van der Waals surface area contributed by atoms with Gasteiger partial charge in [-0.05, 0) is 18.2 Å². The van der Waals surface area contributed by atoms with Gasteiger partial charge in [0.05, 0.1) is 12.7 Å². The molecule has 0 aliphatic carbocycles. The molecule has 1 aromatic carbocycles. The summed E-state index contributed by atoms with van der Waals surface area (Å²) in [5.41, 5.74) is 1.69. The number of rotatable bonds is 3. The van der Waals surface area contributed by atoms with Crippen LogP contribution in [0.2, 0.25) is 5.02 Å². The van der Waals surface area contributed by atoms with Crippen LogP contribution < -0.4 is 5.32 Å². The topological polar surface area (TPSA) is 55.1 Å². The van der Waals surface area contributed by atoms with Crippen molar-refractivity contribution in [3.8, 4) is 0 Å². The zero-order valence-electron chi connectivity index (χ0n) is 9.42. The molecule has 0 fully saturated rings. The Balaban J connectivity index is 1.81. The van der Waals surface area contributed by atoms with E-state index in [0.717, 1.165) is 17.2 Å². The van der Waals surface area contributed by atoms with Gasteiger partial charge in [0.2, 0.25) is 0 Å². The van der Waals surface area contributed by atoms with Gasteiger partial charge < -0.3 is 5.32 Å². The van der Waals surface area contributed by atoms with Gasteiger partial charge in [0.15, 0.2) is 11.5 Å². The van der Waals surface area contributed by atoms with Crippen LogP contribution in [0.3, 0.4) is 0 Å². The molecule has 0 unspecified atom stereocenters. The minimum atomic E-state index is 0.575. The minimum Gasteiger partial charge on any atom is -0.378 e. The molecule has 2 heterocycles. The maximum Gasteiger partial charge on any atom is 0.179 e. The number of halogens is 1. The molecule has 0 amide bonds. The lowest BCUT2D eigenvalue weighted by atomic mass is 10.3. The van der Waals surface area contributed by atoms with Crippen molar-refractivity contribution in [1.29, 1.82) is 0 Å². The summed E-state index contributed by atoms with van der Waals surface area (Å²) in [6, 6.07) is 7.56. The summed E-state index contributed by atoms with van der Waals surface area (Å²) < 4.78 is 1.89. The molecular weight excluding hydrogens is 250 g/mol. The zero-order valence-corrected chi connectivity index (χ0v) is 10.2. The van der Waals surface area contributed by atoms with Crippen LogP contribution in [0.15, 0.2) is 42.9 Å². The number of nitrogens with one attached hydrogen (secondary N) is 1. The highest BCUT2D eigenvalue weighted by molar-refractivity contribution is 6.30. The van der Waals surface area contributed by atoms with Crippen molar-refractivity contribution >= 4 is 22.9 Å². The normalized spacial score (nSPS) is 10.7. The highest BCUT2D eigenvalue weighted by Crippen LogP contribution is 2.15. The number of hydrogen-bond acceptors (Lipinski definition) is 4. The molecule has 0 spiro atoms. The Morgan fingerprint density at radius 2 is 2.22 bits per heavy atom. The van der Waals surface area contributed by atoms with Crippen molar-refractivity contribution < 1.29 is 0 Å². The van der Waals surface area contributed by atoms with Gasteiger partial charge in [-0.3, -0.25) is 9.38 Å². The van der Waals surface area contributed by atoms with Gasteiger partial charge in [0.1, 0.15) is 0 Å². The lowest BCUT2D eigenvalue weighted by molar-refractivity contribution is 0.915. The molecule has 5 nitrogen and oxygen atoms in total. The predicted molar refractivity (Wildman–Crippen MR) is 69.6 cm³/mol. The molecule has 0 saturated heterocycles. The van der Waals surface area contributed by atoms with Crippen LogP contribution in [-0.2, 0) is 6.54 Å². The molecular formula is C12H10ClN5. The Morgan fingerprint density at radius 3 is 3.11 bits per heavy atom. The SMILES string of the molecule is Clc1cccc(NCc2nnc3cnccn23)c1. The predicted octanol–water partition coefficient (Wildman–Crippen LogP) is 2.39. The van der Waals surface area contributed by atoms with E-state index in [1.54, 1.807) is 12.4 Å². The number of benzene rings is 1. The van der Waals surface area contributed by atoms with Crippen molar-refractivity contribution in [2.45, 2.75) is 6.54 Å². The van der Waals surface area contributed by atoms with Gasteiger partial charge in [0.25, 0.3) is 0 Å². The standard InChI is InChI=1S/C12H10ClN5/c13-9-2-1-3-10(6-9)15-8-12-17-16-11-7-14-4-5-18(11)12/h1-7,15H,8H2. The minimum absolute atomic E-state index is 0.575. The molecule has 0 saturated carbocycles. The summed E-state index contributed by atoms with van der Waals surface area (Å²) in [6.45, 7) is 0.575. The smallest absolute Gasteiger partial charge is 0.179 e. The molecule has 0 bridgehead atoms. The molecule has 3 aromatic rings. The van der Waals surface area contributed by atoms with E-state index in [0.29, 0.717) is 11.6 Å². The number of nitrogens with zero attached hydrogens (tertiary/aromatic N) is 4. The molecule has 0 radical (unpaired) electrons. The third-order valence-electron chi connectivity index (χ3n) is 2.56. The first-order valence-corrected chi connectivity index (χ1v) is 5.84. The summed E-state index contributed by atoms with van der Waals surface area (Å²) >= 11 is 5.92. The second-order valence-corrected chi connectivity index (χ2v) is 4.22. The molecule has 3 rings (SSSR count). The second kappa shape index (κ2) is 4.62. The van der Waals surface area contributed by atoms with Crippen molar-refractivity contribution in [2.24, 2.45) is 0 Å².